The number of benzene rings is 1. The highest BCUT2D eigenvalue weighted by atomic mass is 16.5. The maximum absolute atomic E-state index is 13.0. The van der Waals surface area contributed by atoms with Gasteiger partial charge in [-0.25, -0.2) is 9.97 Å². The van der Waals surface area contributed by atoms with Gasteiger partial charge >= 0.3 is 0 Å². The van der Waals surface area contributed by atoms with Crippen molar-refractivity contribution in [3.63, 3.8) is 0 Å². The molecular weight excluding hydrogens is 340 g/mol. The first kappa shape index (κ1) is 17.9. The summed E-state index contributed by atoms with van der Waals surface area (Å²) in [5.41, 5.74) is 3.13. The third-order valence-electron chi connectivity index (χ3n) is 5.38. The Morgan fingerprint density at radius 1 is 1.15 bits per heavy atom. The number of nitrogens with zero attached hydrogens (tertiary/aromatic N) is 4. The minimum atomic E-state index is 0.0871. The van der Waals surface area contributed by atoms with Gasteiger partial charge in [0.1, 0.15) is 5.82 Å². The Morgan fingerprint density at radius 3 is 2.59 bits per heavy atom. The number of fused-ring (bicyclic) bond motifs is 1. The van der Waals surface area contributed by atoms with Gasteiger partial charge in [-0.2, -0.15) is 0 Å². The predicted molar refractivity (Wildman–Crippen MR) is 104 cm³/mol. The maximum Gasteiger partial charge on any atom is 0.226 e. The van der Waals surface area contributed by atoms with Crippen LogP contribution in [0.15, 0.2) is 30.3 Å². The zero-order chi connectivity index (χ0) is 18.8. The molecule has 0 saturated carbocycles. The van der Waals surface area contributed by atoms with Crippen LogP contribution in [0.2, 0.25) is 0 Å². The SMILES string of the molecule is CN(C)c1nc(-c2ccccc2)nc2c1CCN(C(=O)C1CCOCC1)C2. The molecule has 2 aliphatic heterocycles. The van der Waals surface area contributed by atoms with E-state index in [4.69, 9.17) is 14.7 Å². The predicted octanol–water partition coefficient (Wildman–Crippen LogP) is 2.52. The molecule has 0 spiro atoms. The van der Waals surface area contributed by atoms with Crippen LogP contribution in [0.3, 0.4) is 0 Å². The van der Waals surface area contributed by atoms with Crippen molar-refractivity contribution >= 4 is 11.7 Å². The highest BCUT2D eigenvalue weighted by molar-refractivity contribution is 5.79. The van der Waals surface area contributed by atoms with Gasteiger partial charge in [-0.3, -0.25) is 4.79 Å². The highest BCUT2D eigenvalue weighted by Crippen LogP contribution is 2.30. The highest BCUT2D eigenvalue weighted by Gasteiger charge is 2.31. The summed E-state index contributed by atoms with van der Waals surface area (Å²) < 4.78 is 5.40. The molecule has 142 valence electrons. The van der Waals surface area contributed by atoms with E-state index < -0.39 is 0 Å². The molecule has 0 aliphatic carbocycles. The molecule has 0 bridgehead atoms. The lowest BCUT2D eigenvalue weighted by atomic mass is 9.96. The summed E-state index contributed by atoms with van der Waals surface area (Å²) in [6, 6.07) is 10.0. The van der Waals surface area contributed by atoms with Gasteiger partial charge in [-0.15, -0.1) is 0 Å². The Bertz CT molecular complexity index is 816. The lowest BCUT2D eigenvalue weighted by Gasteiger charge is -2.34. The van der Waals surface area contributed by atoms with Crippen LogP contribution in [0.4, 0.5) is 5.82 Å². The van der Waals surface area contributed by atoms with Crippen molar-refractivity contribution in [2.24, 2.45) is 5.92 Å². The van der Waals surface area contributed by atoms with Gasteiger partial charge < -0.3 is 14.5 Å². The minimum Gasteiger partial charge on any atom is -0.381 e. The number of ether oxygens (including phenoxy) is 1. The first-order chi connectivity index (χ1) is 13.1. The number of carbonyl (C=O) groups excluding carboxylic acids is 1. The summed E-state index contributed by atoms with van der Waals surface area (Å²) in [6.07, 6.45) is 2.45. The molecule has 0 atom stereocenters. The van der Waals surface area contributed by atoms with E-state index in [0.717, 1.165) is 54.3 Å². The monoisotopic (exact) mass is 366 g/mol. The molecule has 1 aromatic heterocycles. The Labute approximate surface area is 160 Å². The second-order valence-electron chi connectivity index (χ2n) is 7.45. The van der Waals surface area contributed by atoms with Crippen molar-refractivity contribution < 1.29 is 9.53 Å². The average Bonchev–Trinajstić information content (AvgIpc) is 2.73. The molecule has 2 aliphatic rings. The Kier molecular flexibility index (Phi) is 5.07. The molecule has 3 heterocycles. The van der Waals surface area contributed by atoms with Gasteiger partial charge in [-0.05, 0) is 19.3 Å². The van der Waals surface area contributed by atoms with Crippen LogP contribution in [0.25, 0.3) is 11.4 Å². The van der Waals surface area contributed by atoms with Crippen LogP contribution in [0.1, 0.15) is 24.1 Å². The fourth-order valence-electron chi connectivity index (χ4n) is 3.89. The van der Waals surface area contributed by atoms with Crippen LogP contribution in [0.5, 0.6) is 0 Å². The summed E-state index contributed by atoms with van der Waals surface area (Å²) >= 11 is 0. The van der Waals surface area contributed by atoms with Gasteiger partial charge in [0.05, 0.1) is 12.2 Å². The van der Waals surface area contributed by atoms with Crippen molar-refractivity contribution in [1.82, 2.24) is 14.9 Å². The second-order valence-corrected chi connectivity index (χ2v) is 7.45. The average molecular weight is 366 g/mol. The van der Waals surface area contributed by atoms with Gasteiger partial charge in [0.2, 0.25) is 5.91 Å². The van der Waals surface area contributed by atoms with Crippen LogP contribution in [-0.2, 0) is 22.5 Å². The smallest absolute Gasteiger partial charge is 0.226 e. The van der Waals surface area contributed by atoms with Gasteiger partial charge in [0, 0.05) is 50.9 Å². The third-order valence-corrected chi connectivity index (χ3v) is 5.38. The molecule has 6 nitrogen and oxygen atoms in total. The molecule has 27 heavy (non-hydrogen) atoms. The van der Waals surface area contributed by atoms with E-state index in [1.165, 1.54) is 0 Å². The fourth-order valence-corrected chi connectivity index (χ4v) is 3.89. The first-order valence-electron chi connectivity index (χ1n) is 9.62. The van der Waals surface area contributed by atoms with Crippen molar-refractivity contribution in [3.8, 4) is 11.4 Å². The molecule has 1 saturated heterocycles. The number of carbonyl (C=O) groups is 1. The molecule has 4 rings (SSSR count). The van der Waals surface area contributed by atoms with E-state index in [1.54, 1.807) is 0 Å². The van der Waals surface area contributed by atoms with Crippen LogP contribution in [0, 0.1) is 5.92 Å². The van der Waals surface area contributed by atoms with Gasteiger partial charge in [0.25, 0.3) is 0 Å². The van der Waals surface area contributed by atoms with E-state index in [0.29, 0.717) is 19.8 Å². The molecule has 1 aromatic carbocycles. The van der Waals surface area contributed by atoms with E-state index in [-0.39, 0.29) is 11.8 Å². The molecule has 6 heteroatoms. The van der Waals surface area contributed by atoms with Crippen molar-refractivity contribution in [2.75, 3.05) is 38.8 Å². The Morgan fingerprint density at radius 2 is 1.89 bits per heavy atom. The zero-order valence-electron chi connectivity index (χ0n) is 16.0. The number of hydrogen-bond donors (Lipinski definition) is 0. The summed E-state index contributed by atoms with van der Waals surface area (Å²) in [5.74, 6) is 2.01. The summed E-state index contributed by atoms with van der Waals surface area (Å²) in [7, 11) is 4.02. The zero-order valence-corrected chi connectivity index (χ0v) is 16.0. The van der Waals surface area contributed by atoms with Crippen molar-refractivity contribution in [2.45, 2.75) is 25.8 Å². The number of rotatable bonds is 3. The molecule has 0 radical (unpaired) electrons. The number of hydrogen-bond acceptors (Lipinski definition) is 5. The molecule has 0 unspecified atom stereocenters. The van der Waals surface area contributed by atoms with Crippen molar-refractivity contribution in [3.05, 3.63) is 41.6 Å². The van der Waals surface area contributed by atoms with E-state index in [9.17, 15) is 4.79 Å². The third kappa shape index (κ3) is 3.67. The number of aromatic nitrogens is 2. The second kappa shape index (κ2) is 7.64. The summed E-state index contributed by atoms with van der Waals surface area (Å²) in [4.78, 5) is 26.6. The van der Waals surface area contributed by atoms with Crippen LogP contribution in [-0.4, -0.2) is 54.6 Å². The molecule has 1 amide bonds. The lowest BCUT2D eigenvalue weighted by molar-refractivity contribution is -0.139. The van der Waals surface area contributed by atoms with Crippen molar-refractivity contribution in [1.29, 1.82) is 0 Å². The molecule has 1 fully saturated rings. The Hall–Kier alpha value is -2.47. The Balaban J connectivity index is 1.65. The standard InChI is InChI=1S/C21H26N4O2/c1-24(2)20-17-8-11-25(21(26)16-9-12-27-13-10-16)14-18(17)22-19(23-20)15-6-4-3-5-7-15/h3-7,16H,8-14H2,1-2H3. The molecule has 0 N–H and O–H groups in total. The largest absolute Gasteiger partial charge is 0.381 e. The summed E-state index contributed by atoms with van der Waals surface area (Å²) in [5, 5.41) is 0. The maximum atomic E-state index is 13.0. The lowest BCUT2D eigenvalue weighted by Crippen LogP contribution is -2.42. The van der Waals surface area contributed by atoms with Gasteiger partial charge in [0.15, 0.2) is 5.82 Å². The number of anilines is 1. The molecule has 2 aromatic rings. The first-order valence-corrected chi connectivity index (χ1v) is 9.62. The van der Waals surface area contributed by atoms with Crippen LogP contribution < -0.4 is 4.90 Å². The van der Waals surface area contributed by atoms with E-state index in [1.807, 2.05) is 54.2 Å². The quantitative estimate of drug-likeness (QED) is 0.835. The fraction of sp³-hybridized carbons (Fsp3) is 0.476. The van der Waals surface area contributed by atoms with E-state index in [2.05, 4.69) is 0 Å². The van der Waals surface area contributed by atoms with Crippen LogP contribution >= 0.6 is 0 Å². The van der Waals surface area contributed by atoms with E-state index >= 15 is 0 Å². The topological polar surface area (TPSA) is 58.6 Å². The molecular formula is C21H26N4O2. The minimum absolute atomic E-state index is 0.0871. The normalized spacial score (nSPS) is 17.5. The van der Waals surface area contributed by atoms with Gasteiger partial charge in [-0.1, -0.05) is 30.3 Å². The number of amides is 1. The summed E-state index contributed by atoms with van der Waals surface area (Å²) in [6.45, 7) is 2.67.